The smallest absolute Gasteiger partial charge is 0.243 e. The van der Waals surface area contributed by atoms with Crippen molar-refractivity contribution >= 4 is 15.8 Å². The van der Waals surface area contributed by atoms with Crippen LogP contribution < -0.4 is 0 Å². The minimum absolute atomic E-state index is 0.0299. The van der Waals surface area contributed by atoms with Gasteiger partial charge in [-0.25, -0.2) is 8.42 Å². The Kier molecular flexibility index (Phi) is 5.17. The van der Waals surface area contributed by atoms with E-state index in [1.165, 1.54) is 6.07 Å². The highest BCUT2D eigenvalue weighted by Gasteiger charge is 2.32. The van der Waals surface area contributed by atoms with E-state index in [2.05, 4.69) is 0 Å². The molecule has 1 atom stereocenters. The van der Waals surface area contributed by atoms with Crippen molar-refractivity contribution in [2.75, 3.05) is 6.54 Å². The van der Waals surface area contributed by atoms with E-state index in [1.54, 1.807) is 29.4 Å². The van der Waals surface area contributed by atoms with Gasteiger partial charge in [-0.05, 0) is 31.4 Å². The maximum absolute atomic E-state index is 12.8. The second-order valence-electron chi connectivity index (χ2n) is 5.48. The molecule has 0 aliphatic carbocycles. The summed E-state index contributed by atoms with van der Waals surface area (Å²) in [6.45, 7) is 4.38. The molecule has 0 saturated carbocycles. The molecule has 116 valence electrons. The van der Waals surface area contributed by atoms with E-state index >= 15 is 0 Å². The Bertz CT molecular complexity index is 610. The summed E-state index contributed by atoms with van der Waals surface area (Å²) >= 11 is 0. The Labute approximate surface area is 127 Å². The molecule has 1 aromatic rings. The largest absolute Gasteiger partial charge is 0.294 e. The lowest BCUT2D eigenvalue weighted by Crippen LogP contribution is -2.43. The first kappa shape index (κ1) is 16.2. The van der Waals surface area contributed by atoms with Crippen molar-refractivity contribution in [3.63, 3.8) is 0 Å². The number of ketones is 1. The number of nitrogens with zero attached hydrogens (tertiary/aromatic N) is 1. The van der Waals surface area contributed by atoms with Crippen molar-refractivity contribution in [3.8, 4) is 0 Å². The molecule has 21 heavy (non-hydrogen) atoms. The van der Waals surface area contributed by atoms with Crippen LogP contribution in [0.5, 0.6) is 0 Å². The zero-order chi connectivity index (χ0) is 15.5. The number of rotatable bonds is 5. The number of carbonyl (C=O) groups excluding carboxylic acids is 1. The molecule has 0 bridgehead atoms. The van der Waals surface area contributed by atoms with Gasteiger partial charge in [0.25, 0.3) is 0 Å². The van der Waals surface area contributed by atoms with E-state index in [0.717, 1.165) is 25.7 Å². The maximum Gasteiger partial charge on any atom is 0.243 e. The van der Waals surface area contributed by atoms with E-state index in [9.17, 15) is 13.2 Å². The molecule has 2 rings (SSSR count). The number of carbonyl (C=O) groups is 1. The molecule has 1 aliphatic rings. The van der Waals surface area contributed by atoms with Gasteiger partial charge in [0.05, 0.1) is 4.90 Å². The van der Waals surface area contributed by atoms with Crippen LogP contribution in [0.15, 0.2) is 29.2 Å². The van der Waals surface area contributed by atoms with E-state index in [4.69, 9.17) is 0 Å². The fourth-order valence-electron chi connectivity index (χ4n) is 2.87. The Balaban J connectivity index is 2.36. The molecule has 0 amide bonds. The van der Waals surface area contributed by atoms with Crippen molar-refractivity contribution in [1.29, 1.82) is 0 Å². The van der Waals surface area contributed by atoms with E-state index in [-0.39, 0.29) is 16.7 Å². The van der Waals surface area contributed by atoms with Crippen LogP contribution in [0.3, 0.4) is 0 Å². The molecule has 1 heterocycles. The fourth-order valence-corrected chi connectivity index (χ4v) is 4.68. The highest BCUT2D eigenvalue weighted by Crippen LogP contribution is 2.27. The van der Waals surface area contributed by atoms with Crippen LogP contribution in [0, 0.1) is 0 Å². The first-order valence-corrected chi connectivity index (χ1v) is 9.09. The fraction of sp³-hybridized carbons (Fsp3) is 0.562. The number of sulfonamides is 1. The van der Waals surface area contributed by atoms with Crippen LogP contribution in [-0.4, -0.2) is 31.1 Å². The monoisotopic (exact) mass is 309 g/mol. The molecule has 0 spiro atoms. The summed E-state index contributed by atoms with van der Waals surface area (Å²) in [5, 5.41) is 0. The maximum atomic E-state index is 12.8. The standard InChI is InChI=1S/C16H23NO3S/c1-3-14-9-5-6-11-17(14)21(19,20)15-10-7-8-13(12-15)16(18)4-2/h7-8,10,12,14H,3-6,9,11H2,1-2H3. The summed E-state index contributed by atoms with van der Waals surface area (Å²) in [5.41, 5.74) is 0.476. The summed E-state index contributed by atoms with van der Waals surface area (Å²) in [7, 11) is -3.51. The molecule has 0 aromatic heterocycles. The molecule has 0 N–H and O–H groups in total. The van der Waals surface area contributed by atoms with Gasteiger partial charge in [-0.15, -0.1) is 0 Å². The minimum atomic E-state index is -3.51. The van der Waals surface area contributed by atoms with Gasteiger partial charge >= 0.3 is 0 Å². The van der Waals surface area contributed by atoms with Crippen LogP contribution in [0.4, 0.5) is 0 Å². The normalized spacial score (nSPS) is 20.4. The Morgan fingerprint density at radius 1 is 1.29 bits per heavy atom. The molecule has 4 nitrogen and oxygen atoms in total. The summed E-state index contributed by atoms with van der Waals surface area (Å²) < 4.78 is 27.3. The third kappa shape index (κ3) is 3.35. The highest BCUT2D eigenvalue weighted by atomic mass is 32.2. The molecular weight excluding hydrogens is 286 g/mol. The number of Topliss-reactive ketones (excluding diaryl/α,β-unsaturated/α-hetero) is 1. The molecule has 1 unspecified atom stereocenters. The Hall–Kier alpha value is -1.20. The van der Waals surface area contributed by atoms with E-state index in [1.807, 2.05) is 6.92 Å². The average molecular weight is 309 g/mol. The number of hydrogen-bond donors (Lipinski definition) is 0. The van der Waals surface area contributed by atoms with Crippen molar-refractivity contribution < 1.29 is 13.2 Å². The van der Waals surface area contributed by atoms with Gasteiger partial charge in [0, 0.05) is 24.6 Å². The van der Waals surface area contributed by atoms with Crippen LogP contribution >= 0.6 is 0 Å². The molecule has 1 saturated heterocycles. The average Bonchev–Trinajstić information content (AvgIpc) is 2.54. The number of hydrogen-bond acceptors (Lipinski definition) is 3. The SMILES string of the molecule is CCC(=O)c1cccc(S(=O)(=O)N2CCCCC2CC)c1. The number of benzene rings is 1. The summed E-state index contributed by atoms with van der Waals surface area (Å²) in [4.78, 5) is 12.0. The lowest BCUT2D eigenvalue weighted by molar-refractivity contribution is 0.0988. The quantitative estimate of drug-likeness (QED) is 0.785. The lowest BCUT2D eigenvalue weighted by atomic mass is 10.0. The Morgan fingerprint density at radius 3 is 2.71 bits per heavy atom. The van der Waals surface area contributed by atoms with Gasteiger partial charge in [0.1, 0.15) is 0 Å². The predicted octanol–water partition coefficient (Wildman–Crippen LogP) is 3.23. The van der Waals surface area contributed by atoms with Gasteiger partial charge in [0.2, 0.25) is 10.0 Å². The summed E-state index contributed by atoms with van der Waals surface area (Å²) in [6, 6.07) is 6.51. The molecule has 5 heteroatoms. The molecule has 1 aliphatic heterocycles. The van der Waals surface area contributed by atoms with Crippen molar-refractivity contribution in [3.05, 3.63) is 29.8 Å². The van der Waals surface area contributed by atoms with Gasteiger partial charge in [-0.3, -0.25) is 4.79 Å². The third-order valence-electron chi connectivity index (χ3n) is 4.13. The second-order valence-corrected chi connectivity index (χ2v) is 7.37. The van der Waals surface area contributed by atoms with Crippen LogP contribution in [0.2, 0.25) is 0 Å². The van der Waals surface area contributed by atoms with Crippen molar-refractivity contribution in [2.45, 2.75) is 56.9 Å². The first-order valence-electron chi connectivity index (χ1n) is 7.65. The van der Waals surface area contributed by atoms with Gasteiger partial charge in [0.15, 0.2) is 5.78 Å². The van der Waals surface area contributed by atoms with Crippen molar-refractivity contribution in [1.82, 2.24) is 4.31 Å². The molecule has 1 fully saturated rings. The zero-order valence-electron chi connectivity index (χ0n) is 12.7. The van der Waals surface area contributed by atoms with Gasteiger partial charge in [-0.1, -0.05) is 32.4 Å². The highest BCUT2D eigenvalue weighted by molar-refractivity contribution is 7.89. The topological polar surface area (TPSA) is 54.5 Å². The second kappa shape index (κ2) is 6.71. The van der Waals surface area contributed by atoms with Crippen LogP contribution in [0.1, 0.15) is 56.3 Å². The molecule has 0 radical (unpaired) electrons. The minimum Gasteiger partial charge on any atom is -0.294 e. The molecular formula is C16H23NO3S. The lowest BCUT2D eigenvalue weighted by Gasteiger charge is -2.34. The van der Waals surface area contributed by atoms with Gasteiger partial charge in [-0.2, -0.15) is 4.31 Å². The predicted molar refractivity (Wildman–Crippen MR) is 82.9 cm³/mol. The zero-order valence-corrected chi connectivity index (χ0v) is 13.5. The summed E-state index contributed by atoms with van der Waals surface area (Å²) in [5.74, 6) is -0.0299. The van der Waals surface area contributed by atoms with E-state index < -0.39 is 10.0 Å². The van der Waals surface area contributed by atoms with Crippen molar-refractivity contribution in [2.24, 2.45) is 0 Å². The third-order valence-corrected chi connectivity index (χ3v) is 6.08. The number of piperidine rings is 1. The first-order chi connectivity index (χ1) is 10.0. The van der Waals surface area contributed by atoms with E-state index in [0.29, 0.717) is 18.5 Å². The Morgan fingerprint density at radius 2 is 2.05 bits per heavy atom. The molecule has 1 aromatic carbocycles. The summed E-state index contributed by atoms with van der Waals surface area (Å²) in [6.07, 6.45) is 4.11. The van der Waals surface area contributed by atoms with Gasteiger partial charge < -0.3 is 0 Å². The van der Waals surface area contributed by atoms with Crippen LogP contribution in [0.25, 0.3) is 0 Å². The van der Waals surface area contributed by atoms with Crippen LogP contribution in [-0.2, 0) is 10.0 Å².